The van der Waals surface area contributed by atoms with E-state index in [1.807, 2.05) is 0 Å². The Bertz CT molecular complexity index is 675. The van der Waals surface area contributed by atoms with Gasteiger partial charge in [-0.05, 0) is 44.4 Å². The number of alkyl carbamates (subject to hydrolysis) is 1. The second kappa shape index (κ2) is 35.0. The van der Waals surface area contributed by atoms with E-state index in [4.69, 9.17) is 23.7 Å². The molecule has 0 saturated heterocycles. The Morgan fingerprint density at radius 3 is 1.53 bits per heavy atom. The third-order valence-corrected chi connectivity index (χ3v) is 7.94. The molecule has 1 N–H and O–H groups in total. The third-order valence-electron chi connectivity index (χ3n) is 7.94. The molecule has 0 fully saturated rings. The van der Waals surface area contributed by atoms with E-state index in [0.29, 0.717) is 58.3 Å². The average molecular weight is 644 g/mol. The Morgan fingerprint density at radius 2 is 0.978 bits per heavy atom. The van der Waals surface area contributed by atoms with Crippen LogP contribution in [0.5, 0.6) is 0 Å². The number of esters is 2. The molecule has 0 bridgehead atoms. The maximum Gasteiger partial charge on any atom is 0.407 e. The highest BCUT2D eigenvalue weighted by molar-refractivity contribution is 5.69. The maximum absolute atomic E-state index is 12.2. The predicted octanol–water partition coefficient (Wildman–Crippen LogP) is 8.70. The Balaban J connectivity index is 4.18. The van der Waals surface area contributed by atoms with Crippen molar-refractivity contribution in [2.24, 2.45) is 5.92 Å². The van der Waals surface area contributed by atoms with Gasteiger partial charge in [0.15, 0.2) is 0 Å². The number of carbonyl (C=O) groups excluding carboxylic acids is 3. The van der Waals surface area contributed by atoms with Gasteiger partial charge in [0.2, 0.25) is 0 Å². The van der Waals surface area contributed by atoms with Crippen LogP contribution in [0.25, 0.3) is 0 Å². The largest absolute Gasteiger partial charge is 0.466 e. The van der Waals surface area contributed by atoms with Gasteiger partial charge in [-0.2, -0.15) is 0 Å². The predicted molar refractivity (Wildman–Crippen MR) is 180 cm³/mol. The molecule has 0 aromatic rings. The molecular weight excluding hydrogens is 574 g/mol. The van der Waals surface area contributed by atoms with Crippen LogP contribution in [0.1, 0.15) is 155 Å². The van der Waals surface area contributed by atoms with E-state index < -0.39 is 6.09 Å². The first-order chi connectivity index (χ1) is 22.0. The molecule has 0 aromatic carbocycles. The van der Waals surface area contributed by atoms with Crippen molar-refractivity contribution in [2.45, 2.75) is 155 Å². The van der Waals surface area contributed by atoms with Crippen LogP contribution < -0.4 is 5.32 Å². The number of ether oxygens (including phenoxy) is 5. The fourth-order valence-corrected chi connectivity index (χ4v) is 5.10. The summed E-state index contributed by atoms with van der Waals surface area (Å²) >= 11 is 0. The van der Waals surface area contributed by atoms with Gasteiger partial charge in [-0.1, -0.05) is 104 Å². The van der Waals surface area contributed by atoms with Crippen molar-refractivity contribution in [1.29, 1.82) is 0 Å². The van der Waals surface area contributed by atoms with Crippen molar-refractivity contribution in [3.05, 3.63) is 0 Å². The van der Waals surface area contributed by atoms with Crippen molar-refractivity contribution in [3.63, 3.8) is 0 Å². The molecule has 0 radical (unpaired) electrons. The lowest BCUT2D eigenvalue weighted by Gasteiger charge is -2.18. The number of amides is 1. The summed E-state index contributed by atoms with van der Waals surface area (Å²) in [6.07, 6.45) is 22.2. The van der Waals surface area contributed by atoms with Crippen LogP contribution >= 0.6 is 0 Å². The molecule has 1 amide bonds. The lowest BCUT2D eigenvalue weighted by atomic mass is 9.94. The van der Waals surface area contributed by atoms with Gasteiger partial charge in [-0.15, -0.1) is 0 Å². The molecule has 0 aliphatic carbocycles. The summed E-state index contributed by atoms with van der Waals surface area (Å²) in [4.78, 5) is 36.0. The summed E-state index contributed by atoms with van der Waals surface area (Å²) < 4.78 is 26.2. The van der Waals surface area contributed by atoms with Gasteiger partial charge < -0.3 is 29.0 Å². The van der Waals surface area contributed by atoms with Crippen molar-refractivity contribution in [1.82, 2.24) is 5.32 Å². The average Bonchev–Trinajstić information content (AvgIpc) is 3.03. The molecule has 0 heterocycles. The number of carbonyl (C=O) groups is 3. The topological polar surface area (TPSA) is 109 Å². The highest BCUT2D eigenvalue weighted by Crippen LogP contribution is 2.19. The lowest BCUT2D eigenvalue weighted by Crippen LogP contribution is -2.31. The van der Waals surface area contributed by atoms with Crippen molar-refractivity contribution in [3.8, 4) is 0 Å². The van der Waals surface area contributed by atoms with Gasteiger partial charge in [0, 0.05) is 26.5 Å². The summed E-state index contributed by atoms with van der Waals surface area (Å²) in [6, 6.07) is 0. The number of rotatable bonds is 34. The van der Waals surface area contributed by atoms with Crippen molar-refractivity contribution in [2.75, 3.05) is 53.3 Å². The van der Waals surface area contributed by atoms with E-state index in [1.54, 1.807) is 7.11 Å². The third kappa shape index (κ3) is 33.3. The zero-order chi connectivity index (χ0) is 33.1. The summed E-state index contributed by atoms with van der Waals surface area (Å²) in [5.74, 6) is 0.242. The van der Waals surface area contributed by atoms with Crippen LogP contribution in [0, 0.1) is 5.92 Å². The minimum atomic E-state index is -0.406. The van der Waals surface area contributed by atoms with E-state index in [9.17, 15) is 14.4 Å². The molecule has 266 valence electrons. The second-order valence-corrected chi connectivity index (χ2v) is 12.2. The number of methoxy groups -OCH3 is 1. The molecule has 1 unspecified atom stereocenters. The number of hydrogen-bond acceptors (Lipinski definition) is 8. The highest BCUT2D eigenvalue weighted by Gasteiger charge is 2.12. The number of nitrogens with one attached hydrogen (secondary N) is 1. The van der Waals surface area contributed by atoms with E-state index in [1.165, 1.54) is 32.1 Å². The van der Waals surface area contributed by atoms with E-state index in [2.05, 4.69) is 19.2 Å². The van der Waals surface area contributed by atoms with Gasteiger partial charge in [-0.25, -0.2) is 4.79 Å². The fraction of sp³-hybridized carbons (Fsp3) is 0.917. The molecule has 0 aromatic heterocycles. The minimum absolute atomic E-state index is 0.0687. The molecule has 0 saturated carbocycles. The fourth-order valence-electron chi connectivity index (χ4n) is 5.10. The van der Waals surface area contributed by atoms with Crippen molar-refractivity contribution < 1.29 is 38.1 Å². The minimum Gasteiger partial charge on any atom is -0.466 e. The Labute approximate surface area is 275 Å². The summed E-state index contributed by atoms with van der Waals surface area (Å²) in [5.41, 5.74) is 0. The molecule has 9 nitrogen and oxygen atoms in total. The summed E-state index contributed by atoms with van der Waals surface area (Å²) in [5, 5.41) is 2.93. The number of hydrogen-bond donors (Lipinski definition) is 1. The lowest BCUT2D eigenvalue weighted by molar-refractivity contribution is -0.144. The van der Waals surface area contributed by atoms with Gasteiger partial charge in [0.1, 0.15) is 6.61 Å². The Hall–Kier alpha value is -1.87. The van der Waals surface area contributed by atoms with E-state index in [-0.39, 0.29) is 18.5 Å². The van der Waals surface area contributed by atoms with Crippen LogP contribution in [-0.2, 0) is 33.3 Å². The standard InChI is InChI=1S/C36H69NO8/c1-4-6-8-15-21-27-44-35(39)25-19-14-13-17-23-33(32-37-36(40)45-31-30-42-29-28-41-3)22-16-11-10-12-18-24-34(38)43-26-20-9-7-5-2/h33H,4-32H2,1-3H3,(H,37,40). The molecular formula is C36H69NO8. The van der Waals surface area contributed by atoms with E-state index >= 15 is 0 Å². The SMILES string of the molecule is CCCCCCCOC(=O)CCCCCCC(CCCCCCCC(=O)OCCCCCC)CNC(=O)OCCOCCOC. The van der Waals surface area contributed by atoms with Gasteiger partial charge in [-0.3, -0.25) is 9.59 Å². The Morgan fingerprint density at radius 1 is 0.511 bits per heavy atom. The quantitative estimate of drug-likeness (QED) is 0.0421. The van der Waals surface area contributed by atoms with Gasteiger partial charge in [0.25, 0.3) is 0 Å². The van der Waals surface area contributed by atoms with Crippen LogP contribution in [0.4, 0.5) is 4.79 Å². The molecule has 0 spiro atoms. The van der Waals surface area contributed by atoms with Crippen LogP contribution in [0.15, 0.2) is 0 Å². The smallest absolute Gasteiger partial charge is 0.407 e. The highest BCUT2D eigenvalue weighted by atomic mass is 16.6. The van der Waals surface area contributed by atoms with Crippen molar-refractivity contribution >= 4 is 18.0 Å². The molecule has 0 aliphatic heterocycles. The number of unbranched alkanes of at least 4 members (excludes halogenated alkanes) is 14. The van der Waals surface area contributed by atoms with E-state index in [0.717, 1.165) is 96.3 Å². The molecule has 1 atom stereocenters. The molecule has 0 aliphatic rings. The zero-order valence-corrected chi connectivity index (χ0v) is 29.3. The monoisotopic (exact) mass is 644 g/mol. The summed E-state index contributed by atoms with van der Waals surface area (Å²) in [7, 11) is 1.62. The first-order valence-electron chi connectivity index (χ1n) is 18.3. The van der Waals surface area contributed by atoms with Crippen LogP contribution in [0.3, 0.4) is 0 Å². The molecule has 9 heteroatoms. The summed E-state index contributed by atoms with van der Waals surface area (Å²) in [6.45, 7) is 7.63. The maximum atomic E-state index is 12.2. The Kier molecular flexibility index (Phi) is 33.5. The van der Waals surface area contributed by atoms with Crippen LogP contribution in [0.2, 0.25) is 0 Å². The van der Waals surface area contributed by atoms with Crippen LogP contribution in [-0.4, -0.2) is 71.3 Å². The van der Waals surface area contributed by atoms with Gasteiger partial charge >= 0.3 is 18.0 Å². The normalized spacial score (nSPS) is 11.7. The second-order valence-electron chi connectivity index (χ2n) is 12.2. The molecule has 45 heavy (non-hydrogen) atoms. The molecule has 0 rings (SSSR count). The first-order valence-corrected chi connectivity index (χ1v) is 18.3. The zero-order valence-electron chi connectivity index (χ0n) is 29.3. The van der Waals surface area contributed by atoms with Gasteiger partial charge in [0.05, 0.1) is 33.0 Å². The first kappa shape index (κ1) is 43.1.